The van der Waals surface area contributed by atoms with E-state index in [1.54, 1.807) is 26.0 Å². The quantitative estimate of drug-likeness (QED) is 0.555. The van der Waals surface area contributed by atoms with Gasteiger partial charge in [-0.2, -0.15) is 0 Å². The third-order valence-corrected chi connectivity index (χ3v) is 5.19. The van der Waals surface area contributed by atoms with Crippen LogP contribution in [0.25, 0.3) is 0 Å². The monoisotopic (exact) mass is 391 g/mol. The minimum atomic E-state index is -0.880. The molecule has 0 saturated heterocycles. The SMILES string of the molecule is Cc1cccc(C)c1NC(=O)[C@H](C)OC(=O)[C@H](C)Sc1ccc(Cl)cc1. The highest BCUT2D eigenvalue weighted by atomic mass is 35.5. The summed E-state index contributed by atoms with van der Waals surface area (Å²) >= 11 is 7.22. The predicted octanol–water partition coefficient (Wildman–Crippen LogP) is 5.01. The van der Waals surface area contributed by atoms with Crippen LogP contribution < -0.4 is 5.32 Å². The number of nitrogens with one attached hydrogen (secondary N) is 1. The molecular weight excluding hydrogens is 370 g/mol. The van der Waals surface area contributed by atoms with Crippen molar-refractivity contribution in [1.29, 1.82) is 0 Å². The van der Waals surface area contributed by atoms with Gasteiger partial charge in [-0.15, -0.1) is 11.8 Å². The molecule has 2 rings (SSSR count). The van der Waals surface area contributed by atoms with Gasteiger partial charge in [0.15, 0.2) is 6.10 Å². The van der Waals surface area contributed by atoms with Gasteiger partial charge in [-0.25, -0.2) is 0 Å². The first-order valence-corrected chi connectivity index (χ1v) is 9.53. The summed E-state index contributed by atoms with van der Waals surface area (Å²) < 4.78 is 5.32. The lowest BCUT2D eigenvalue weighted by molar-refractivity contribution is -0.152. The van der Waals surface area contributed by atoms with E-state index >= 15 is 0 Å². The van der Waals surface area contributed by atoms with Crippen molar-refractivity contribution in [2.75, 3.05) is 5.32 Å². The minimum absolute atomic E-state index is 0.348. The summed E-state index contributed by atoms with van der Waals surface area (Å²) in [6.07, 6.45) is -0.880. The van der Waals surface area contributed by atoms with Gasteiger partial charge in [0, 0.05) is 15.6 Å². The zero-order valence-corrected chi connectivity index (χ0v) is 16.8. The highest BCUT2D eigenvalue weighted by Crippen LogP contribution is 2.26. The molecule has 0 unspecified atom stereocenters. The second-order valence-electron chi connectivity index (χ2n) is 6.05. The second-order valence-corrected chi connectivity index (χ2v) is 7.90. The summed E-state index contributed by atoms with van der Waals surface area (Å²) in [5.74, 6) is -0.784. The fourth-order valence-corrected chi connectivity index (χ4v) is 3.30. The molecule has 0 aliphatic heterocycles. The minimum Gasteiger partial charge on any atom is -0.452 e. The molecule has 0 saturated carbocycles. The number of halogens is 1. The molecule has 2 aromatic rings. The number of ether oxygens (including phenoxy) is 1. The standard InChI is InChI=1S/C20H22ClNO3S/c1-12-6-5-7-13(2)18(12)22-19(23)14(3)25-20(24)15(4)26-17-10-8-16(21)9-11-17/h5-11,14-15H,1-4H3,(H,22,23)/t14-,15-/m0/s1. The summed E-state index contributed by atoms with van der Waals surface area (Å²) in [5, 5.41) is 3.04. The number of rotatable bonds is 6. The Morgan fingerprint density at radius 2 is 1.62 bits per heavy atom. The maximum absolute atomic E-state index is 12.4. The summed E-state index contributed by atoms with van der Waals surface area (Å²) in [6.45, 7) is 7.16. The lowest BCUT2D eigenvalue weighted by Gasteiger charge is -2.18. The number of hydrogen-bond acceptors (Lipinski definition) is 4. The summed E-state index contributed by atoms with van der Waals surface area (Å²) in [4.78, 5) is 25.5. The number of thioether (sulfide) groups is 1. The van der Waals surface area contributed by atoms with Crippen molar-refractivity contribution in [2.45, 2.75) is 43.9 Å². The molecule has 0 spiro atoms. The number of carbonyl (C=O) groups is 2. The van der Waals surface area contributed by atoms with Gasteiger partial charge < -0.3 is 10.1 Å². The molecule has 0 aliphatic carbocycles. The average molecular weight is 392 g/mol. The van der Waals surface area contributed by atoms with Crippen LogP contribution in [0.5, 0.6) is 0 Å². The van der Waals surface area contributed by atoms with E-state index in [0.29, 0.717) is 5.02 Å². The number of amides is 1. The van der Waals surface area contributed by atoms with Crippen molar-refractivity contribution in [3.63, 3.8) is 0 Å². The van der Waals surface area contributed by atoms with Gasteiger partial charge in [-0.3, -0.25) is 9.59 Å². The van der Waals surface area contributed by atoms with E-state index in [1.165, 1.54) is 11.8 Å². The lowest BCUT2D eigenvalue weighted by Crippen LogP contribution is -2.32. The van der Waals surface area contributed by atoms with Gasteiger partial charge in [0.05, 0.1) is 0 Å². The molecule has 0 heterocycles. The van der Waals surface area contributed by atoms with Crippen molar-refractivity contribution >= 4 is 40.9 Å². The van der Waals surface area contributed by atoms with Crippen LogP contribution in [-0.2, 0) is 14.3 Å². The van der Waals surface area contributed by atoms with Crippen LogP contribution >= 0.6 is 23.4 Å². The van der Waals surface area contributed by atoms with E-state index in [9.17, 15) is 9.59 Å². The first-order valence-electron chi connectivity index (χ1n) is 8.27. The smallest absolute Gasteiger partial charge is 0.319 e. The molecule has 0 aromatic heterocycles. The van der Waals surface area contributed by atoms with Gasteiger partial charge in [-0.05, 0) is 63.1 Å². The van der Waals surface area contributed by atoms with E-state index in [1.807, 2.05) is 44.2 Å². The molecule has 2 atom stereocenters. The largest absolute Gasteiger partial charge is 0.452 e. The average Bonchev–Trinajstić information content (AvgIpc) is 2.59. The molecule has 26 heavy (non-hydrogen) atoms. The normalized spacial score (nSPS) is 13.0. The van der Waals surface area contributed by atoms with Gasteiger partial charge in [0.25, 0.3) is 5.91 Å². The van der Waals surface area contributed by atoms with E-state index < -0.39 is 17.3 Å². The van der Waals surface area contributed by atoms with Gasteiger partial charge in [-0.1, -0.05) is 29.8 Å². The Hall–Kier alpha value is -1.98. The maximum atomic E-state index is 12.4. The predicted molar refractivity (Wildman–Crippen MR) is 107 cm³/mol. The van der Waals surface area contributed by atoms with Crippen molar-refractivity contribution in [2.24, 2.45) is 0 Å². The molecule has 0 fully saturated rings. The first-order chi connectivity index (χ1) is 12.3. The number of para-hydroxylation sites is 1. The Balaban J connectivity index is 1.93. The van der Waals surface area contributed by atoms with Crippen LogP contribution in [-0.4, -0.2) is 23.2 Å². The Morgan fingerprint density at radius 3 is 2.19 bits per heavy atom. The van der Waals surface area contributed by atoms with Crippen molar-refractivity contribution < 1.29 is 14.3 Å². The molecule has 4 nitrogen and oxygen atoms in total. The number of carbonyl (C=O) groups excluding carboxylic acids is 2. The zero-order valence-electron chi connectivity index (χ0n) is 15.2. The Kier molecular flexibility index (Phi) is 7.12. The second kappa shape index (κ2) is 9.10. The molecule has 0 bridgehead atoms. The van der Waals surface area contributed by atoms with Gasteiger partial charge >= 0.3 is 5.97 Å². The van der Waals surface area contributed by atoms with Gasteiger partial charge in [0.2, 0.25) is 0 Å². The molecule has 1 N–H and O–H groups in total. The topological polar surface area (TPSA) is 55.4 Å². The molecule has 1 amide bonds. The summed E-state index contributed by atoms with van der Waals surface area (Å²) in [5.41, 5.74) is 2.68. The van der Waals surface area contributed by atoms with Gasteiger partial charge in [0.1, 0.15) is 5.25 Å². The van der Waals surface area contributed by atoms with Crippen LogP contribution in [0.1, 0.15) is 25.0 Å². The number of benzene rings is 2. The van der Waals surface area contributed by atoms with Crippen LogP contribution in [0.2, 0.25) is 5.02 Å². The van der Waals surface area contributed by atoms with Crippen molar-refractivity contribution in [3.8, 4) is 0 Å². The third kappa shape index (κ3) is 5.51. The van der Waals surface area contributed by atoms with Crippen LogP contribution in [0.3, 0.4) is 0 Å². The highest BCUT2D eigenvalue weighted by molar-refractivity contribution is 8.00. The fraction of sp³-hybridized carbons (Fsp3) is 0.300. The van der Waals surface area contributed by atoms with E-state index in [2.05, 4.69) is 5.32 Å². The van der Waals surface area contributed by atoms with Crippen molar-refractivity contribution in [3.05, 3.63) is 58.6 Å². The molecular formula is C20H22ClNO3S. The Morgan fingerprint density at radius 1 is 1.04 bits per heavy atom. The summed E-state index contributed by atoms with van der Waals surface area (Å²) in [7, 11) is 0. The maximum Gasteiger partial charge on any atom is 0.319 e. The summed E-state index contributed by atoms with van der Waals surface area (Å²) in [6, 6.07) is 13.0. The number of anilines is 1. The molecule has 0 aliphatic rings. The molecule has 138 valence electrons. The van der Waals surface area contributed by atoms with E-state index in [4.69, 9.17) is 16.3 Å². The zero-order chi connectivity index (χ0) is 19.3. The highest BCUT2D eigenvalue weighted by Gasteiger charge is 2.23. The van der Waals surface area contributed by atoms with Crippen LogP contribution in [0.4, 0.5) is 5.69 Å². The van der Waals surface area contributed by atoms with E-state index in [0.717, 1.165) is 21.7 Å². The Bertz CT molecular complexity index is 772. The molecule has 6 heteroatoms. The fourth-order valence-electron chi connectivity index (χ4n) is 2.33. The molecule has 2 aromatic carbocycles. The Labute approximate surface area is 163 Å². The number of hydrogen-bond donors (Lipinski definition) is 1. The molecule has 0 radical (unpaired) electrons. The van der Waals surface area contributed by atoms with Crippen molar-refractivity contribution in [1.82, 2.24) is 0 Å². The third-order valence-electron chi connectivity index (χ3n) is 3.85. The lowest BCUT2D eigenvalue weighted by atomic mass is 10.1. The number of esters is 1. The van der Waals surface area contributed by atoms with Crippen LogP contribution in [0.15, 0.2) is 47.4 Å². The number of aryl methyl sites for hydroxylation is 2. The van der Waals surface area contributed by atoms with Crippen LogP contribution in [0, 0.1) is 13.8 Å². The van der Waals surface area contributed by atoms with E-state index in [-0.39, 0.29) is 5.91 Å². The first kappa shape index (κ1) is 20.3.